The Hall–Kier alpha value is -2.18. The molecule has 0 saturated heterocycles. The van der Waals surface area contributed by atoms with Gasteiger partial charge in [0, 0.05) is 13.0 Å². The van der Waals surface area contributed by atoms with E-state index >= 15 is 0 Å². The molecule has 1 rings (SSSR count). The summed E-state index contributed by atoms with van der Waals surface area (Å²) in [4.78, 5) is 21.5. The highest BCUT2D eigenvalue weighted by Gasteiger charge is 2.07. The predicted octanol–water partition coefficient (Wildman–Crippen LogP) is -0.331. The average Bonchev–Trinajstić information content (AvgIpc) is 2.67. The first-order chi connectivity index (χ1) is 7.63. The van der Waals surface area contributed by atoms with Crippen LogP contribution in [0.1, 0.15) is 16.9 Å². The quantitative estimate of drug-likeness (QED) is 0.645. The van der Waals surface area contributed by atoms with Gasteiger partial charge >= 0.3 is 5.97 Å². The van der Waals surface area contributed by atoms with Gasteiger partial charge in [0.2, 0.25) is 5.91 Å². The van der Waals surface area contributed by atoms with Gasteiger partial charge in [0.05, 0.1) is 12.7 Å². The van der Waals surface area contributed by atoms with Gasteiger partial charge in [-0.1, -0.05) is 11.3 Å². The number of nitrogens with zero attached hydrogens (tertiary/aromatic N) is 3. The van der Waals surface area contributed by atoms with Gasteiger partial charge in [0.15, 0.2) is 5.69 Å². The fraction of sp³-hybridized carbons (Fsp3) is 0.333. The lowest BCUT2D eigenvalue weighted by molar-refractivity contribution is -0.120. The summed E-state index contributed by atoms with van der Waals surface area (Å²) in [6, 6.07) is 0. The molecule has 0 aliphatic carbocycles. The molecule has 0 aliphatic rings. The smallest absolute Gasteiger partial charge is 0.358 e. The van der Waals surface area contributed by atoms with E-state index in [1.54, 1.807) is 0 Å². The Balaban J connectivity index is 2.34. The predicted molar refractivity (Wildman–Crippen MR) is 54.8 cm³/mol. The van der Waals surface area contributed by atoms with Crippen LogP contribution in [0.2, 0.25) is 0 Å². The molecule has 0 radical (unpaired) electrons. The lowest BCUT2D eigenvalue weighted by atomic mass is 10.4. The molecule has 0 atom stereocenters. The maximum atomic E-state index is 11.0. The van der Waals surface area contributed by atoms with E-state index in [-0.39, 0.29) is 18.0 Å². The second kappa shape index (κ2) is 5.64. The maximum absolute atomic E-state index is 11.0. The minimum atomic E-state index is -1.12. The standard InChI is InChI=1S/C9H12N4O3/c1-2-3-8(14)10-4-5-13-6-7(9(15)16)11-12-13/h2,6H,1,3-5H2,(H,10,14)(H,15,16). The summed E-state index contributed by atoms with van der Waals surface area (Å²) in [5.74, 6) is -1.25. The summed E-state index contributed by atoms with van der Waals surface area (Å²) >= 11 is 0. The third kappa shape index (κ3) is 3.52. The Labute approximate surface area is 91.8 Å². The van der Waals surface area contributed by atoms with E-state index in [4.69, 9.17) is 5.11 Å². The number of carboxylic acids is 1. The molecule has 16 heavy (non-hydrogen) atoms. The van der Waals surface area contributed by atoms with E-state index < -0.39 is 5.97 Å². The van der Waals surface area contributed by atoms with Crippen LogP contribution in [0.15, 0.2) is 18.9 Å². The monoisotopic (exact) mass is 224 g/mol. The van der Waals surface area contributed by atoms with Crippen molar-refractivity contribution >= 4 is 11.9 Å². The Morgan fingerprint density at radius 2 is 2.38 bits per heavy atom. The van der Waals surface area contributed by atoms with Crippen molar-refractivity contribution in [2.75, 3.05) is 6.54 Å². The van der Waals surface area contributed by atoms with Crippen molar-refractivity contribution in [3.05, 3.63) is 24.5 Å². The van der Waals surface area contributed by atoms with Gasteiger partial charge in [-0.15, -0.1) is 11.7 Å². The highest BCUT2D eigenvalue weighted by atomic mass is 16.4. The van der Waals surface area contributed by atoms with Gasteiger partial charge < -0.3 is 10.4 Å². The largest absolute Gasteiger partial charge is 0.476 e. The number of carboxylic acid groups (broad SMARTS) is 1. The zero-order valence-electron chi connectivity index (χ0n) is 8.59. The van der Waals surface area contributed by atoms with Crippen molar-refractivity contribution in [1.82, 2.24) is 20.3 Å². The molecule has 1 heterocycles. The van der Waals surface area contributed by atoms with Crippen molar-refractivity contribution in [1.29, 1.82) is 0 Å². The molecule has 1 amide bonds. The van der Waals surface area contributed by atoms with E-state index in [9.17, 15) is 9.59 Å². The van der Waals surface area contributed by atoms with Crippen LogP contribution in [0.5, 0.6) is 0 Å². The molecule has 0 spiro atoms. The normalized spacial score (nSPS) is 9.75. The third-order valence-corrected chi connectivity index (χ3v) is 1.75. The highest BCUT2D eigenvalue weighted by Crippen LogP contribution is 1.91. The molecule has 1 aromatic heterocycles. The molecule has 7 nitrogen and oxygen atoms in total. The van der Waals surface area contributed by atoms with Crippen LogP contribution < -0.4 is 5.32 Å². The van der Waals surface area contributed by atoms with Crippen LogP contribution in [0.3, 0.4) is 0 Å². The van der Waals surface area contributed by atoms with E-state index in [1.807, 2.05) is 0 Å². The second-order valence-electron chi connectivity index (χ2n) is 3.01. The van der Waals surface area contributed by atoms with Gasteiger partial charge in [-0.05, 0) is 0 Å². The van der Waals surface area contributed by atoms with Crippen molar-refractivity contribution in [3.8, 4) is 0 Å². The number of nitrogens with one attached hydrogen (secondary N) is 1. The van der Waals surface area contributed by atoms with Crippen molar-refractivity contribution in [3.63, 3.8) is 0 Å². The molecule has 1 aromatic rings. The molecule has 0 bridgehead atoms. The van der Waals surface area contributed by atoms with Crippen molar-refractivity contribution < 1.29 is 14.7 Å². The van der Waals surface area contributed by atoms with Gasteiger partial charge in [0.25, 0.3) is 0 Å². The van der Waals surface area contributed by atoms with Crippen LogP contribution in [0.4, 0.5) is 0 Å². The van der Waals surface area contributed by atoms with Gasteiger partial charge in [-0.2, -0.15) is 0 Å². The molecule has 0 aliphatic heterocycles. The molecular formula is C9H12N4O3. The highest BCUT2D eigenvalue weighted by molar-refractivity contribution is 5.84. The average molecular weight is 224 g/mol. The Morgan fingerprint density at radius 1 is 1.62 bits per heavy atom. The number of aromatic carboxylic acids is 1. The van der Waals surface area contributed by atoms with Crippen molar-refractivity contribution in [2.45, 2.75) is 13.0 Å². The molecule has 2 N–H and O–H groups in total. The molecule has 0 aromatic carbocycles. The fourth-order valence-corrected chi connectivity index (χ4v) is 1.02. The molecule has 86 valence electrons. The van der Waals surface area contributed by atoms with Crippen LogP contribution in [0.25, 0.3) is 0 Å². The summed E-state index contributed by atoms with van der Waals surface area (Å²) in [5.41, 5.74) is -0.114. The zero-order chi connectivity index (χ0) is 12.0. The lowest BCUT2D eigenvalue weighted by Gasteiger charge is -2.02. The summed E-state index contributed by atoms with van der Waals surface area (Å²) in [5, 5.41) is 18.2. The van der Waals surface area contributed by atoms with E-state index in [0.29, 0.717) is 13.1 Å². The minimum absolute atomic E-state index is 0.114. The summed E-state index contributed by atoms with van der Waals surface area (Å²) in [6.07, 6.45) is 3.08. The van der Waals surface area contributed by atoms with Crippen LogP contribution in [-0.4, -0.2) is 38.5 Å². The molecule has 0 saturated carbocycles. The van der Waals surface area contributed by atoms with Gasteiger partial charge in [-0.3, -0.25) is 4.79 Å². The molecule has 0 unspecified atom stereocenters. The van der Waals surface area contributed by atoms with E-state index in [0.717, 1.165) is 0 Å². The summed E-state index contributed by atoms with van der Waals surface area (Å²) in [6.45, 7) is 4.18. The fourth-order valence-electron chi connectivity index (χ4n) is 1.02. The van der Waals surface area contributed by atoms with Crippen LogP contribution >= 0.6 is 0 Å². The minimum Gasteiger partial charge on any atom is -0.476 e. The van der Waals surface area contributed by atoms with Crippen LogP contribution in [0, 0.1) is 0 Å². The number of rotatable bonds is 6. The molecule has 0 fully saturated rings. The Bertz CT molecular complexity index is 399. The lowest BCUT2D eigenvalue weighted by Crippen LogP contribution is -2.26. The van der Waals surface area contributed by atoms with Crippen molar-refractivity contribution in [2.24, 2.45) is 0 Å². The van der Waals surface area contributed by atoms with E-state index in [1.165, 1.54) is 17.0 Å². The van der Waals surface area contributed by atoms with E-state index in [2.05, 4.69) is 22.2 Å². The number of hydrogen-bond donors (Lipinski definition) is 2. The summed E-state index contributed by atoms with van der Waals surface area (Å²) in [7, 11) is 0. The number of carbonyl (C=O) groups excluding carboxylic acids is 1. The van der Waals surface area contributed by atoms with Gasteiger partial charge in [0.1, 0.15) is 0 Å². The number of amides is 1. The topological polar surface area (TPSA) is 97.1 Å². The molecular weight excluding hydrogens is 212 g/mol. The molecule has 7 heteroatoms. The summed E-state index contributed by atoms with van der Waals surface area (Å²) < 4.78 is 1.36. The SMILES string of the molecule is C=CCC(=O)NCCn1cc(C(=O)O)nn1. The Kier molecular flexibility index (Phi) is 4.19. The number of aromatic nitrogens is 3. The van der Waals surface area contributed by atoms with Gasteiger partial charge in [-0.25, -0.2) is 9.48 Å². The first kappa shape index (κ1) is 11.9. The third-order valence-electron chi connectivity index (χ3n) is 1.75. The van der Waals surface area contributed by atoms with Crippen LogP contribution in [-0.2, 0) is 11.3 Å². The maximum Gasteiger partial charge on any atom is 0.358 e. The first-order valence-electron chi connectivity index (χ1n) is 4.64. The second-order valence-corrected chi connectivity index (χ2v) is 3.01. The number of hydrogen-bond acceptors (Lipinski definition) is 4. The Morgan fingerprint density at radius 3 is 2.94 bits per heavy atom. The zero-order valence-corrected chi connectivity index (χ0v) is 8.59. The first-order valence-corrected chi connectivity index (χ1v) is 4.64. The number of carbonyl (C=O) groups is 2.